The highest BCUT2D eigenvalue weighted by Crippen LogP contribution is 2.50. The van der Waals surface area contributed by atoms with Crippen LogP contribution in [0.2, 0.25) is 0 Å². The molecule has 3 aromatic heterocycles. The summed E-state index contributed by atoms with van der Waals surface area (Å²) < 4.78 is 41.2. The number of hydrogen-bond acceptors (Lipinski definition) is 4. The summed E-state index contributed by atoms with van der Waals surface area (Å²) in [5, 5.41) is 11.8. The molecule has 1 saturated carbocycles. The number of alkyl halides is 3. The van der Waals surface area contributed by atoms with Crippen LogP contribution in [0.5, 0.6) is 0 Å². The standard InChI is InChI=1S/C24H24F3N3O3S/c25-24(26,27)19-11-15(14-34-19)12-30-18-13-29(10-5-16(18)17-3-2-9-28-21(17)30)20(31)4-1-6-23(7-8-23)22(32)33/h2-3,9,11,14H,1,4-8,10,12-13H2,(H,32,33). The van der Waals surface area contributed by atoms with Crippen LogP contribution < -0.4 is 0 Å². The zero-order valence-electron chi connectivity index (χ0n) is 18.4. The number of carboxylic acid groups (broad SMARTS) is 1. The number of rotatable bonds is 7. The van der Waals surface area contributed by atoms with Crippen LogP contribution >= 0.6 is 11.3 Å². The Balaban J connectivity index is 1.35. The van der Waals surface area contributed by atoms with Gasteiger partial charge in [-0.05, 0) is 66.8 Å². The molecule has 0 aromatic carbocycles. The van der Waals surface area contributed by atoms with E-state index in [1.807, 2.05) is 16.7 Å². The molecule has 1 aliphatic heterocycles. The summed E-state index contributed by atoms with van der Waals surface area (Å²) in [7, 11) is 0. The Morgan fingerprint density at radius 2 is 2.06 bits per heavy atom. The predicted octanol–water partition coefficient (Wildman–Crippen LogP) is 5.08. The van der Waals surface area contributed by atoms with E-state index in [0.29, 0.717) is 74.2 Å². The number of carboxylic acids is 1. The molecule has 4 heterocycles. The number of fused-ring (bicyclic) bond motifs is 3. The number of thiophene rings is 1. The fraction of sp³-hybridized carbons (Fsp3) is 0.458. The molecule has 0 atom stereocenters. The van der Waals surface area contributed by atoms with Crippen molar-refractivity contribution in [3.8, 4) is 0 Å². The van der Waals surface area contributed by atoms with E-state index >= 15 is 0 Å². The van der Waals surface area contributed by atoms with Gasteiger partial charge in [-0.2, -0.15) is 13.2 Å². The molecule has 34 heavy (non-hydrogen) atoms. The molecule has 0 saturated heterocycles. The largest absolute Gasteiger partial charge is 0.481 e. The third kappa shape index (κ3) is 4.19. The Labute approximate surface area is 198 Å². The van der Waals surface area contributed by atoms with Crippen molar-refractivity contribution >= 4 is 34.2 Å². The Morgan fingerprint density at radius 1 is 1.26 bits per heavy atom. The number of halogens is 3. The van der Waals surface area contributed by atoms with Gasteiger partial charge < -0.3 is 14.6 Å². The quantitative estimate of drug-likeness (QED) is 0.500. The molecule has 0 spiro atoms. The number of carbonyl (C=O) groups is 2. The minimum atomic E-state index is -4.37. The second kappa shape index (κ2) is 8.41. The molecular weight excluding hydrogens is 467 g/mol. The number of amides is 1. The van der Waals surface area contributed by atoms with Gasteiger partial charge in [0.1, 0.15) is 10.5 Å². The van der Waals surface area contributed by atoms with Gasteiger partial charge in [-0.25, -0.2) is 4.98 Å². The van der Waals surface area contributed by atoms with Crippen LogP contribution in [0, 0.1) is 5.41 Å². The van der Waals surface area contributed by atoms with Crippen molar-refractivity contribution in [2.45, 2.75) is 57.8 Å². The lowest BCUT2D eigenvalue weighted by molar-refractivity contribution is -0.144. The minimum absolute atomic E-state index is 0.0218. The van der Waals surface area contributed by atoms with Gasteiger partial charge in [-0.15, -0.1) is 11.3 Å². The van der Waals surface area contributed by atoms with Gasteiger partial charge in [0.05, 0.1) is 18.5 Å². The number of aromatic nitrogens is 2. The lowest BCUT2D eigenvalue weighted by Gasteiger charge is -2.29. The molecule has 3 aromatic rings. The molecule has 10 heteroatoms. The molecule has 5 rings (SSSR count). The molecule has 1 amide bonds. The SMILES string of the molecule is O=C(CCCC1(C(=O)O)CC1)N1CCc2c(n(Cc3csc(C(F)(F)F)c3)c3ncccc23)C1. The van der Waals surface area contributed by atoms with Crippen LogP contribution in [0.4, 0.5) is 13.2 Å². The molecule has 1 fully saturated rings. The first kappa shape index (κ1) is 22.9. The summed E-state index contributed by atoms with van der Waals surface area (Å²) in [6.07, 6.45) is 0.630. The molecule has 180 valence electrons. The van der Waals surface area contributed by atoms with E-state index in [2.05, 4.69) is 4.98 Å². The van der Waals surface area contributed by atoms with E-state index in [0.717, 1.165) is 16.6 Å². The Morgan fingerprint density at radius 3 is 2.74 bits per heavy atom. The fourth-order valence-electron chi connectivity index (χ4n) is 4.89. The number of aliphatic carboxylic acids is 1. The van der Waals surface area contributed by atoms with Crippen molar-refractivity contribution in [2.75, 3.05) is 6.54 Å². The summed E-state index contributed by atoms with van der Waals surface area (Å²) in [5.74, 6) is -0.798. The summed E-state index contributed by atoms with van der Waals surface area (Å²) >= 11 is 0.680. The van der Waals surface area contributed by atoms with Crippen molar-refractivity contribution in [1.29, 1.82) is 0 Å². The normalized spacial score (nSPS) is 17.1. The number of hydrogen-bond donors (Lipinski definition) is 1. The molecule has 0 unspecified atom stereocenters. The Hall–Kier alpha value is -2.88. The van der Waals surface area contributed by atoms with Gasteiger partial charge in [0, 0.05) is 30.2 Å². The average molecular weight is 492 g/mol. The number of nitrogens with zero attached hydrogens (tertiary/aromatic N) is 3. The molecule has 1 N–H and O–H groups in total. The molecule has 1 aliphatic carbocycles. The smallest absolute Gasteiger partial charge is 0.425 e. The van der Waals surface area contributed by atoms with Crippen LogP contribution in [0.1, 0.15) is 53.8 Å². The highest BCUT2D eigenvalue weighted by Gasteiger charge is 2.49. The highest BCUT2D eigenvalue weighted by molar-refractivity contribution is 7.10. The second-order valence-corrected chi connectivity index (χ2v) is 10.1. The second-order valence-electron chi connectivity index (χ2n) is 9.21. The maximum absolute atomic E-state index is 13.1. The van der Waals surface area contributed by atoms with Crippen molar-refractivity contribution < 1.29 is 27.9 Å². The first-order valence-electron chi connectivity index (χ1n) is 11.3. The summed E-state index contributed by atoms with van der Waals surface area (Å²) in [6, 6.07) is 4.98. The van der Waals surface area contributed by atoms with Crippen molar-refractivity contribution in [1.82, 2.24) is 14.5 Å². The predicted molar refractivity (Wildman–Crippen MR) is 120 cm³/mol. The monoisotopic (exact) mass is 491 g/mol. The van der Waals surface area contributed by atoms with Crippen LogP contribution in [0.25, 0.3) is 11.0 Å². The van der Waals surface area contributed by atoms with Crippen molar-refractivity contribution in [2.24, 2.45) is 5.41 Å². The van der Waals surface area contributed by atoms with E-state index in [1.54, 1.807) is 11.1 Å². The van der Waals surface area contributed by atoms with Crippen LogP contribution in [-0.4, -0.2) is 38.0 Å². The van der Waals surface area contributed by atoms with Crippen LogP contribution in [0.3, 0.4) is 0 Å². The topological polar surface area (TPSA) is 75.4 Å². The molecule has 6 nitrogen and oxygen atoms in total. The van der Waals surface area contributed by atoms with E-state index in [9.17, 15) is 27.9 Å². The van der Waals surface area contributed by atoms with Gasteiger partial charge in [-0.1, -0.05) is 0 Å². The molecular formula is C24H24F3N3O3S. The van der Waals surface area contributed by atoms with Gasteiger partial charge in [0.2, 0.25) is 5.91 Å². The molecule has 2 aliphatic rings. The van der Waals surface area contributed by atoms with E-state index in [-0.39, 0.29) is 12.5 Å². The Bertz CT molecular complexity index is 1260. The van der Waals surface area contributed by atoms with E-state index < -0.39 is 22.4 Å². The van der Waals surface area contributed by atoms with Crippen LogP contribution in [-0.2, 0) is 35.3 Å². The van der Waals surface area contributed by atoms with Crippen LogP contribution in [0.15, 0.2) is 29.8 Å². The maximum Gasteiger partial charge on any atom is 0.425 e. The summed E-state index contributed by atoms with van der Waals surface area (Å²) in [5.41, 5.74) is 2.61. The lowest BCUT2D eigenvalue weighted by Crippen LogP contribution is -2.36. The van der Waals surface area contributed by atoms with E-state index in [4.69, 9.17) is 0 Å². The first-order chi connectivity index (χ1) is 16.2. The minimum Gasteiger partial charge on any atom is -0.481 e. The first-order valence-corrected chi connectivity index (χ1v) is 12.2. The van der Waals surface area contributed by atoms with Gasteiger partial charge in [-0.3, -0.25) is 9.59 Å². The van der Waals surface area contributed by atoms with Gasteiger partial charge >= 0.3 is 12.1 Å². The van der Waals surface area contributed by atoms with Crippen molar-refractivity contribution in [3.05, 3.63) is 51.5 Å². The van der Waals surface area contributed by atoms with Gasteiger partial charge in [0.15, 0.2) is 0 Å². The zero-order chi connectivity index (χ0) is 24.1. The van der Waals surface area contributed by atoms with Gasteiger partial charge in [0.25, 0.3) is 0 Å². The van der Waals surface area contributed by atoms with Crippen molar-refractivity contribution in [3.63, 3.8) is 0 Å². The zero-order valence-corrected chi connectivity index (χ0v) is 19.2. The fourth-order valence-corrected chi connectivity index (χ4v) is 5.66. The molecule has 0 radical (unpaired) electrons. The average Bonchev–Trinajstić information content (AvgIpc) is 3.33. The third-order valence-electron chi connectivity index (χ3n) is 6.99. The highest BCUT2D eigenvalue weighted by atomic mass is 32.1. The number of pyridine rings is 1. The summed E-state index contributed by atoms with van der Waals surface area (Å²) in [6.45, 7) is 1.17. The lowest BCUT2D eigenvalue weighted by atomic mass is 9.98. The third-order valence-corrected chi connectivity index (χ3v) is 8.02. The number of carbonyl (C=O) groups excluding carboxylic acids is 1. The Kier molecular flexibility index (Phi) is 5.66. The maximum atomic E-state index is 13.1. The summed E-state index contributed by atoms with van der Waals surface area (Å²) in [4.78, 5) is 29.9. The van der Waals surface area contributed by atoms with E-state index in [1.165, 1.54) is 11.4 Å². The molecule has 0 bridgehead atoms.